The first-order valence-corrected chi connectivity index (χ1v) is 8.22. The number of halogens is 1. The van der Waals surface area contributed by atoms with Crippen LogP contribution in [-0.4, -0.2) is 57.1 Å². The molecule has 1 aromatic heterocycles. The summed E-state index contributed by atoms with van der Waals surface area (Å²) >= 11 is 0. The molecule has 10 nitrogen and oxygen atoms in total. The van der Waals surface area contributed by atoms with Crippen molar-refractivity contribution in [3.8, 4) is 5.75 Å². The Hall–Kier alpha value is -2.57. The molecule has 28 heavy (non-hydrogen) atoms. The second-order valence-corrected chi connectivity index (χ2v) is 6.20. The van der Waals surface area contributed by atoms with Gasteiger partial charge in [0.15, 0.2) is 6.10 Å². The van der Waals surface area contributed by atoms with Gasteiger partial charge in [0.1, 0.15) is 36.3 Å². The number of fused-ring (bicyclic) bond motifs is 1. The van der Waals surface area contributed by atoms with Crippen LogP contribution in [0.15, 0.2) is 27.4 Å². The Labute approximate surface area is 156 Å². The fourth-order valence-electron chi connectivity index (χ4n) is 3.01. The van der Waals surface area contributed by atoms with E-state index in [-0.39, 0.29) is 23.4 Å². The minimum atomic E-state index is -1.89. The van der Waals surface area contributed by atoms with Crippen LogP contribution < -0.4 is 16.1 Å². The number of rotatable bonds is 5. The van der Waals surface area contributed by atoms with E-state index in [0.717, 1.165) is 0 Å². The molecule has 0 saturated carbocycles. The average molecular weight is 399 g/mol. The Kier molecular flexibility index (Phi) is 5.63. The normalized spacial score (nSPS) is 27.7. The lowest BCUT2D eigenvalue weighted by molar-refractivity contribution is -0.271. The van der Waals surface area contributed by atoms with E-state index in [1.165, 1.54) is 18.2 Å². The number of aliphatic hydroxyl groups excluding tert-OH is 3. The molecule has 1 aromatic carbocycles. The first-order chi connectivity index (χ1) is 13.3. The highest BCUT2D eigenvalue weighted by molar-refractivity contribution is 5.85. The van der Waals surface area contributed by atoms with E-state index in [0.29, 0.717) is 10.9 Å². The molecule has 1 aliphatic rings. The van der Waals surface area contributed by atoms with Gasteiger partial charge in [-0.2, -0.15) is 0 Å². The number of hydrogen-bond donors (Lipinski definition) is 5. The van der Waals surface area contributed by atoms with Crippen molar-refractivity contribution >= 4 is 16.9 Å². The van der Waals surface area contributed by atoms with Gasteiger partial charge < -0.3 is 40.1 Å². The molecule has 2 aromatic rings. The lowest BCUT2D eigenvalue weighted by Crippen LogP contribution is -2.61. The number of aliphatic carboxylic acids is 1. The van der Waals surface area contributed by atoms with Crippen molar-refractivity contribution in [2.75, 3.05) is 0 Å². The van der Waals surface area contributed by atoms with E-state index in [4.69, 9.17) is 24.7 Å². The molecule has 0 radical (unpaired) electrons. The number of alkyl halides is 1. The van der Waals surface area contributed by atoms with Gasteiger partial charge in [-0.3, -0.25) is 0 Å². The van der Waals surface area contributed by atoms with Crippen molar-refractivity contribution in [2.45, 2.75) is 43.9 Å². The van der Waals surface area contributed by atoms with E-state index in [1.807, 2.05) is 0 Å². The van der Waals surface area contributed by atoms with Crippen LogP contribution in [0.4, 0.5) is 4.39 Å². The second kappa shape index (κ2) is 7.81. The minimum Gasteiger partial charge on any atom is -0.479 e. The standard InChI is InChI=1S/C17H18FNO9/c18-4-8-9(2-1-7-6(5-19)3-10(20)27-14(7)8)26-17-13(23)11(21)12(22)15(28-17)16(24)25/h1-3,11-13,15,17,21-23H,4-5,19H2,(H,24,25). The van der Waals surface area contributed by atoms with Gasteiger partial charge in [-0.25, -0.2) is 14.0 Å². The van der Waals surface area contributed by atoms with Gasteiger partial charge >= 0.3 is 11.6 Å². The molecular weight excluding hydrogens is 381 g/mol. The molecule has 0 aliphatic carbocycles. The summed E-state index contributed by atoms with van der Waals surface area (Å²) in [5.74, 6) is -1.79. The summed E-state index contributed by atoms with van der Waals surface area (Å²) in [5, 5.41) is 39.0. The number of nitrogens with two attached hydrogens (primary N) is 1. The summed E-state index contributed by atoms with van der Waals surface area (Å²) in [6, 6.07) is 3.93. The number of hydrogen-bond acceptors (Lipinski definition) is 9. The Balaban J connectivity index is 2.02. The highest BCUT2D eigenvalue weighted by Gasteiger charge is 2.48. The molecule has 0 amide bonds. The first-order valence-electron chi connectivity index (χ1n) is 8.22. The zero-order valence-corrected chi connectivity index (χ0v) is 14.3. The summed E-state index contributed by atoms with van der Waals surface area (Å²) in [5.41, 5.74) is 4.95. The first kappa shape index (κ1) is 20.2. The quantitative estimate of drug-likeness (QED) is 0.392. The van der Waals surface area contributed by atoms with E-state index in [1.54, 1.807) is 0 Å². The third-order valence-corrected chi connectivity index (χ3v) is 4.47. The Morgan fingerprint density at radius 3 is 2.54 bits per heavy atom. The van der Waals surface area contributed by atoms with Gasteiger partial charge in [-0.1, -0.05) is 0 Å². The number of ether oxygens (including phenoxy) is 2. The van der Waals surface area contributed by atoms with Crippen LogP contribution in [0.1, 0.15) is 11.1 Å². The highest BCUT2D eigenvalue weighted by atomic mass is 19.1. The maximum Gasteiger partial charge on any atom is 0.336 e. The third-order valence-electron chi connectivity index (χ3n) is 4.47. The van der Waals surface area contributed by atoms with Gasteiger partial charge in [0.25, 0.3) is 0 Å². The molecule has 2 heterocycles. The molecule has 11 heteroatoms. The lowest BCUT2D eigenvalue weighted by atomic mass is 9.99. The zero-order chi connectivity index (χ0) is 20.6. The Morgan fingerprint density at radius 2 is 1.93 bits per heavy atom. The van der Waals surface area contributed by atoms with E-state index in [9.17, 15) is 29.3 Å². The molecule has 5 atom stereocenters. The van der Waals surface area contributed by atoms with E-state index in [2.05, 4.69) is 0 Å². The monoisotopic (exact) mass is 399 g/mol. The molecule has 1 saturated heterocycles. The number of carboxylic acid groups (broad SMARTS) is 1. The number of carbonyl (C=O) groups is 1. The van der Waals surface area contributed by atoms with Crippen molar-refractivity contribution < 1.29 is 43.5 Å². The average Bonchev–Trinajstić information content (AvgIpc) is 2.66. The van der Waals surface area contributed by atoms with Crippen LogP contribution in [0.5, 0.6) is 5.75 Å². The largest absolute Gasteiger partial charge is 0.479 e. The van der Waals surface area contributed by atoms with Crippen LogP contribution in [0.25, 0.3) is 11.0 Å². The van der Waals surface area contributed by atoms with Gasteiger partial charge in [0, 0.05) is 18.0 Å². The SMILES string of the molecule is NCc1cc(=O)oc2c(CF)c(OC3OC(C(=O)O)C(O)C(O)C3O)ccc12. The fourth-order valence-corrected chi connectivity index (χ4v) is 3.01. The lowest BCUT2D eigenvalue weighted by Gasteiger charge is -2.38. The summed E-state index contributed by atoms with van der Waals surface area (Å²) in [4.78, 5) is 22.9. The summed E-state index contributed by atoms with van der Waals surface area (Å²) in [6.45, 7) is -1.12. The number of aliphatic hydroxyl groups is 3. The van der Waals surface area contributed by atoms with Gasteiger partial charge in [-0.05, 0) is 17.7 Å². The van der Waals surface area contributed by atoms with Gasteiger partial charge in [0.2, 0.25) is 6.29 Å². The molecule has 6 N–H and O–H groups in total. The summed E-state index contributed by atoms with van der Waals surface area (Å²) in [6.07, 6.45) is -9.20. The van der Waals surface area contributed by atoms with E-state index >= 15 is 0 Å². The minimum absolute atomic E-state index is 0.00283. The van der Waals surface area contributed by atoms with Crippen LogP contribution in [-0.2, 0) is 22.8 Å². The molecular formula is C17H18FNO9. The molecule has 0 bridgehead atoms. The fraction of sp³-hybridized carbons (Fsp3) is 0.412. The predicted octanol–water partition coefficient (Wildman–Crippen LogP) is -1.01. The van der Waals surface area contributed by atoms with Crippen molar-refractivity contribution in [1.82, 2.24) is 0 Å². The summed E-state index contributed by atoms with van der Waals surface area (Å²) in [7, 11) is 0. The molecule has 152 valence electrons. The van der Waals surface area contributed by atoms with Crippen LogP contribution in [0.2, 0.25) is 0 Å². The molecule has 1 fully saturated rings. The molecule has 5 unspecified atom stereocenters. The van der Waals surface area contributed by atoms with Crippen LogP contribution in [0, 0.1) is 0 Å². The van der Waals surface area contributed by atoms with E-state index < -0.39 is 49.0 Å². The maximum absolute atomic E-state index is 13.7. The molecule has 1 aliphatic heterocycles. The second-order valence-electron chi connectivity index (χ2n) is 6.20. The van der Waals surface area contributed by atoms with Crippen molar-refractivity contribution in [1.29, 1.82) is 0 Å². The third kappa shape index (κ3) is 3.45. The maximum atomic E-state index is 13.7. The zero-order valence-electron chi connectivity index (χ0n) is 14.3. The molecule has 0 spiro atoms. The van der Waals surface area contributed by atoms with Gasteiger partial charge in [-0.15, -0.1) is 0 Å². The van der Waals surface area contributed by atoms with Crippen molar-refractivity contribution in [2.24, 2.45) is 5.73 Å². The number of carboxylic acids is 1. The van der Waals surface area contributed by atoms with Crippen molar-refractivity contribution in [3.63, 3.8) is 0 Å². The van der Waals surface area contributed by atoms with Crippen LogP contribution in [0.3, 0.4) is 0 Å². The van der Waals surface area contributed by atoms with Crippen molar-refractivity contribution in [3.05, 3.63) is 39.7 Å². The molecule has 3 rings (SSSR count). The predicted molar refractivity (Wildman–Crippen MR) is 90.1 cm³/mol. The Morgan fingerprint density at radius 1 is 1.21 bits per heavy atom. The Bertz CT molecular complexity index is 946. The van der Waals surface area contributed by atoms with Gasteiger partial charge in [0.05, 0.1) is 5.56 Å². The smallest absolute Gasteiger partial charge is 0.336 e. The van der Waals surface area contributed by atoms with Crippen LogP contribution >= 0.6 is 0 Å². The topological polar surface area (TPSA) is 173 Å². The number of benzene rings is 1. The summed E-state index contributed by atoms with van der Waals surface area (Å²) < 4.78 is 29.2. The highest BCUT2D eigenvalue weighted by Crippen LogP contribution is 2.32.